The van der Waals surface area contributed by atoms with Gasteiger partial charge in [-0.2, -0.15) is 5.26 Å². The van der Waals surface area contributed by atoms with Crippen LogP contribution in [0.15, 0.2) is 0 Å². The van der Waals surface area contributed by atoms with Gasteiger partial charge in [-0.15, -0.1) is 0 Å². The summed E-state index contributed by atoms with van der Waals surface area (Å²) in [6, 6.07) is 2.92. The van der Waals surface area contributed by atoms with Crippen molar-refractivity contribution in [2.45, 2.75) is 38.1 Å². The smallest absolute Gasteiger partial charge is 0.0672 e. The minimum absolute atomic E-state index is 0.238. The van der Waals surface area contributed by atoms with Gasteiger partial charge in [-0.05, 0) is 38.1 Å². The van der Waals surface area contributed by atoms with Gasteiger partial charge in [0.25, 0.3) is 0 Å². The fourth-order valence-electron chi connectivity index (χ4n) is 3.08. The highest BCUT2D eigenvalue weighted by atomic mass is 16.3. The summed E-state index contributed by atoms with van der Waals surface area (Å²) in [5, 5.41) is 18.2. The van der Waals surface area contributed by atoms with Gasteiger partial charge in [0, 0.05) is 19.2 Å². The lowest BCUT2D eigenvalue weighted by Crippen LogP contribution is -2.44. The molecule has 2 aliphatic rings. The minimum atomic E-state index is 0.238. The molecule has 0 radical (unpaired) electrons. The first kappa shape index (κ1) is 10.9. The monoisotopic (exact) mass is 208 g/mol. The zero-order chi connectivity index (χ0) is 10.7. The molecule has 0 amide bonds. The molecule has 1 aliphatic carbocycles. The van der Waals surface area contributed by atoms with Crippen LogP contribution in [0.5, 0.6) is 0 Å². The van der Waals surface area contributed by atoms with Crippen molar-refractivity contribution in [2.75, 3.05) is 19.7 Å². The van der Waals surface area contributed by atoms with Crippen LogP contribution < -0.4 is 0 Å². The first-order valence-corrected chi connectivity index (χ1v) is 6.09. The van der Waals surface area contributed by atoms with E-state index in [1.165, 1.54) is 19.3 Å². The molecule has 0 aromatic heterocycles. The summed E-state index contributed by atoms with van der Waals surface area (Å²) in [5.74, 6) is 0.682. The molecule has 2 fully saturated rings. The summed E-state index contributed by atoms with van der Waals surface area (Å²) < 4.78 is 0. The fraction of sp³-hybridized carbons (Fsp3) is 0.917. The Hall–Kier alpha value is -0.590. The molecular weight excluding hydrogens is 188 g/mol. The SMILES string of the molecule is N#CC1CCCC1N1CCCC(CO)C1. The lowest BCUT2D eigenvalue weighted by atomic mass is 9.95. The van der Waals surface area contributed by atoms with E-state index in [-0.39, 0.29) is 5.92 Å². The molecule has 2 rings (SSSR count). The number of likely N-dealkylation sites (tertiary alicyclic amines) is 1. The number of nitriles is 1. The largest absolute Gasteiger partial charge is 0.396 e. The summed E-state index contributed by atoms with van der Waals surface area (Å²) in [6.45, 7) is 2.43. The van der Waals surface area contributed by atoms with E-state index >= 15 is 0 Å². The van der Waals surface area contributed by atoms with E-state index in [0.29, 0.717) is 18.6 Å². The molecule has 1 heterocycles. The maximum absolute atomic E-state index is 9.18. The number of aliphatic hydroxyl groups excluding tert-OH is 1. The van der Waals surface area contributed by atoms with Crippen molar-refractivity contribution in [3.05, 3.63) is 0 Å². The number of hydrogen-bond donors (Lipinski definition) is 1. The van der Waals surface area contributed by atoms with Gasteiger partial charge in [-0.1, -0.05) is 6.42 Å². The minimum Gasteiger partial charge on any atom is -0.396 e. The van der Waals surface area contributed by atoms with Gasteiger partial charge in [-0.25, -0.2) is 0 Å². The summed E-state index contributed by atoms with van der Waals surface area (Å²) >= 11 is 0. The average molecular weight is 208 g/mol. The van der Waals surface area contributed by atoms with Crippen molar-refractivity contribution in [2.24, 2.45) is 11.8 Å². The predicted molar refractivity (Wildman–Crippen MR) is 58.1 cm³/mol. The van der Waals surface area contributed by atoms with Crippen LogP contribution in [0.2, 0.25) is 0 Å². The lowest BCUT2D eigenvalue weighted by molar-refractivity contribution is 0.0807. The van der Waals surface area contributed by atoms with Crippen LogP contribution >= 0.6 is 0 Å². The summed E-state index contributed by atoms with van der Waals surface area (Å²) in [7, 11) is 0. The third kappa shape index (κ3) is 2.32. The summed E-state index contributed by atoms with van der Waals surface area (Å²) in [5.41, 5.74) is 0. The first-order valence-electron chi connectivity index (χ1n) is 6.09. The number of aliphatic hydroxyl groups is 1. The van der Waals surface area contributed by atoms with Crippen molar-refractivity contribution in [3.63, 3.8) is 0 Å². The number of piperidine rings is 1. The Kier molecular flexibility index (Phi) is 3.61. The molecular formula is C12H20N2O. The zero-order valence-electron chi connectivity index (χ0n) is 9.23. The average Bonchev–Trinajstić information content (AvgIpc) is 2.77. The second-order valence-corrected chi connectivity index (χ2v) is 4.92. The Morgan fingerprint density at radius 3 is 2.87 bits per heavy atom. The van der Waals surface area contributed by atoms with E-state index in [1.54, 1.807) is 0 Å². The molecule has 0 aromatic carbocycles. The number of rotatable bonds is 2. The van der Waals surface area contributed by atoms with Crippen LogP contribution in [0.25, 0.3) is 0 Å². The standard InChI is InChI=1S/C12H20N2O/c13-7-11-4-1-5-12(11)14-6-2-3-10(8-14)9-15/h10-12,15H,1-6,8-9H2. The molecule has 3 heteroatoms. The Balaban J connectivity index is 1.95. The van der Waals surface area contributed by atoms with E-state index in [2.05, 4.69) is 11.0 Å². The van der Waals surface area contributed by atoms with E-state index in [1.807, 2.05) is 0 Å². The van der Waals surface area contributed by atoms with Gasteiger partial charge in [0.1, 0.15) is 0 Å². The zero-order valence-corrected chi connectivity index (χ0v) is 9.23. The van der Waals surface area contributed by atoms with Crippen molar-refractivity contribution in [1.29, 1.82) is 5.26 Å². The molecule has 0 aromatic rings. The van der Waals surface area contributed by atoms with Crippen LogP contribution in [0.3, 0.4) is 0 Å². The summed E-state index contributed by atoms with van der Waals surface area (Å²) in [6.07, 6.45) is 5.78. The second kappa shape index (κ2) is 4.96. The van der Waals surface area contributed by atoms with Gasteiger partial charge in [-0.3, -0.25) is 4.90 Å². The molecule has 3 unspecified atom stereocenters. The van der Waals surface area contributed by atoms with Gasteiger partial charge < -0.3 is 5.11 Å². The molecule has 1 N–H and O–H groups in total. The molecule has 0 spiro atoms. The van der Waals surface area contributed by atoms with Crippen LogP contribution in [-0.4, -0.2) is 35.7 Å². The van der Waals surface area contributed by atoms with Crippen molar-refractivity contribution in [1.82, 2.24) is 4.90 Å². The van der Waals surface area contributed by atoms with Gasteiger partial charge in [0.2, 0.25) is 0 Å². The van der Waals surface area contributed by atoms with Crippen molar-refractivity contribution < 1.29 is 5.11 Å². The van der Waals surface area contributed by atoms with Crippen LogP contribution in [0.4, 0.5) is 0 Å². The Bertz CT molecular complexity index is 248. The topological polar surface area (TPSA) is 47.3 Å². The van der Waals surface area contributed by atoms with Gasteiger partial charge >= 0.3 is 0 Å². The third-order valence-corrected chi connectivity index (χ3v) is 3.92. The molecule has 1 aliphatic heterocycles. The van der Waals surface area contributed by atoms with Gasteiger partial charge in [0.05, 0.1) is 12.0 Å². The van der Waals surface area contributed by atoms with Crippen LogP contribution in [-0.2, 0) is 0 Å². The van der Waals surface area contributed by atoms with Crippen LogP contribution in [0, 0.1) is 23.2 Å². The molecule has 1 saturated heterocycles. The molecule has 3 nitrogen and oxygen atoms in total. The van der Waals surface area contributed by atoms with Crippen LogP contribution in [0.1, 0.15) is 32.1 Å². The highest BCUT2D eigenvalue weighted by Crippen LogP contribution is 2.32. The maximum atomic E-state index is 9.18. The summed E-state index contributed by atoms with van der Waals surface area (Å²) in [4.78, 5) is 2.45. The molecule has 15 heavy (non-hydrogen) atoms. The highest BCUT2D eigenvalue weighted by Gasteiger charge is 2.34. The molecule has 3 atom stereocenters. The Morgan fingerprint density at radius 1 is 1.27 bits per heavy atom. The van der Waals surface area contributed by atoms with E-state index in [0.717, 1.165) is 25.9 Å². The van der Waals surface area contributed by atoms with E-state index < -0.39 is 0 Å². The quantitative estimate of drug-likeness (QED) is 0.746. The Labute approximate surface area is 91.7 Å². The first-order chi connectivity index (χ1) is 7.35. The van der Waals surface area contributed by atoms with E-state index in [9.17, 15) is 5.11 Å². The van der Waals surface area contributed by atoms with Crippen molar-refractivity contribution in [3.8, 4) is 6.07 Å². The number of nitrogens with zero attached hydrogens (tertiary/aromatic N) is 2. The fourth-order valence-corrected chi connectivity index (χ4v) is 3.08. The predicted octanol–water partition coefficient (Wildman–Crippen LogP) is 1.38. The normalized spacial score (nSPS) is 37.7. The van der Waals surface area contributed by atoms with Crippen molar-refractivity contribution >= 4 is 0 Å². The third-order valence-electron chi connectivity index (χ3n) is 3.92. The lowest BCUT2D eigenvalue weighted by Gasteiger charge is -2.37. The highest BCUT2D eigenvalue weighted by molar-refractivity contribution is 4.98. The molecule has 0 bridgehead atoms. The maximum Gasteiger partial charge on any atom is 0.0672 e. The Morgan fingerprint density at radius 2 is 2.13 bits per heavy atom. The molecule has 84 valence electrons. The van der Waals surface area contributed by atoms with Gasteiger partial charge in [0.15, 0.2) is 0 Å². The second-order valence-electron chi connectivity index (χ2n) is 4.92. The number of hydrogen-bond acceptors (Lipinski definition) is 3. The van der Waals surface area contributed by atoms with E-state index in [4.69, 9.17) is 5.26 Å². The molecule has 1 saturated carbocycles.